The number of aromatic nitrogens is 1. The van der Waals surface area contributed by atoms with Crippen LogP contribution >= 0.6 is 0 Å². The zero-order chi connectivity index (χ0) is 22.8. The van der Waals surface area contributed by atoms with Gasteiger partial charge >= 0.3 is 0 Å². The van der Waals surface area contributed by atoms with E-state index in [1.54, 1.807) is 30.3 Å². The summed E-state index contributed by atoms with van der Waals surface area (Å²) in [6, 6.07) is 21.7. The first-order chi connectivity index (χ1) is 16.1. The predicted molar refractivity (Wildman–Crippen MR) is 128 cm³/mol. The number of amides is 2. The second kappa shape index (κ2) is 8.90. The third-order valence-electron chi connectivity index (χ3n) is 5.88. The third-order valence-corrected chi connectivity index (χ3v) is 5.88. The Kier molecular flexibility index (Phi) is 5.65. The molecule has 0 bridgehead atoms. The highest BCUT2D eigenvalue weighted by atomic mass is 19.1. The van der Waals surface area contributed by atoms with E-state index in [0.29, 0.717) is 23.7 Å². The van der Waals surface area contributed by atoms with Crippen LogP contribution in [0.25, 0.3) is 22.2 Å². The molecule has 0 aliphatic heterocycles. The maximum absolute atomic E-state index is 14.0. The Balaban J connectivity index is 1.29. The Morgan fingerprint density at radius 2 is 1.73 bits per heavy atom. The van der Waals surface area contributed by atoms with Crippen molar-refractivity contribution < 1.29 is 14.0 Å². The van der Waals surface area contributed by atoms with Crippen LogP contribution in [0, 0.1) is 5.82 Å². The second-order valence-electron chi connectivity index (χ2n) is 8.41. The van der Waals surface area contributed by atoms with E-state index < -0.39 is 0 Å². The van der Waals surface area contributed by atoms with E-state index in [-0.39, 0.29) is 24.1 Å². The molecule has 33 heavy (non-hydrogen) atoms. The summed E-state index contributed by atoms with van der Waals surface area (Å²) in [7, 11) is 0. The molecule has 1 saturated carbocycles. The number of rotatable bonds is 7. The lowest BCUT2D eigenvalue weighted by Crippen LogP contribution is -2.25. The average molecular weight is 442 g/mol. The number of hydrogen-bond donors (Lipinski definition) is 3. The molecular formula is C27H24FN3O2. The van der Waals surface area contributed by atoms with Gasteiger partial charge in [-0.15, -0.1) is 0 Å². The first kappa shape index (κ1) is 20.9. The van der Waals surface area contributed by atoms with Crippen molar-refractivity contribution in [3.05, 3.63) is 89.7 Å². The summed E-state index contributed by atoms with van der Waals surface area (Å²) in [5.41, 5.74) is 4.85. The minimum atomic E-state index is -0.308. The monoisotopic (exact) mass is 441 g/mol. The molecule has 0 unspecified atom stereocenters. The maximum atomic E-state index is 14.0. The molecule has 1 aliphatic rings. The lowest BCUT2D eigenvalue weighted by molar-refractivity contribution is -0.116. The lowest BCUT2D eigenvalue weighted by atomic mass is 10.0. The minimum absolute atomic E-state index is 0.0876. The number of hydrogen-bond acceptors (Lipinski definition) is 2. The number of halogens is 1. The molecule has 0 saturated heterocycles. The smallest absolute Gasteiger partial charge is 0.251 e. The highest BCUT2D eigenvalue weighted by molar-refractivity contribution is 5.96. The van der Waals surface area contributed by atoms with E-state index in [0.717, 1.165) is 40.6 Å². The van der Waals surface area contributed by atoms with Gasteiger partial charge in [-0.05, 0) is 72.9 Å². The number of anilines is 1. The van der Waals surface area contributed by atoms with Crippen molar-refractivity contribution in [2.45, 2.75) is 31.7 Å². The zero-order valence-electron chi connectivity index (χ0n) is 18.0. The maximum Gasteiger partial charge on any atom is 0.251 e. The summed E-state index contributed by atoms with van der Waals surface area (Å²) in [5, 5.41) is 6.62. The van der Waals surface area contributed by atoms with E-state index in [1.807, 2.05) is 30.3 Å². The Morgan fingerprint density at radius 3 is 2.45 bits per heavy atom. The van der Waals surface area contributed by atoms with Gasteiger partial charge < -0.3 is 15.6 Å². The minimum Gasteiger partial charge on any atom is -0.354 e. The molecule has 3 N–H and O–H groups in total. The van der Waals surface area contributed by atoms with Gasteiger partial charge in [0.05, 0.1) is 0 Å². The molecular weight excluding hydrogens is 417 g/mol. The van der Waals surface area contributed by atoms with Crippen LogP contribution in [0.5, 0.6) is 0 Å². The average Bonchev–Trinajstić information content (AvgIpc) is 3.57. The molecule has 1 heterocycles. The third kappa shape index (κ3) is 4.80. The van der Waals surface area contributed by atoms with Crippen LogP contribution in [-0.4, -0.2) is 22.8 Å². The molecule has 0 spiro atoms. The molecule has 0 radical (unpaired) electrons. The number of aromatic amines is 1. The molecule has 0 atom stereocenters. The Hall–Kier alpha value is -3.93. The lowest BCUT2D eigenvalue weighted by Gasteiger charge is -2.08. The van der Waals surface area contributed by atoms with Crippen molar-refractivity contribution in [2.75, 3.05) is 5.32 Å². The number of carbonyl (C=O) groups excluding carboxylic acids is 2. The van der Waals surface area contributed by atoms with Crippen LogP contribution < -0.4 is 10.6 Å². The molecule has 1 aliphatic carbocycles. The van der Waals surface area contributed by atoms with E-state index in [4.69, 9.17) is 0 Å². The number of carbonyl (C=O) groups is 2. The fourth-order valence-corrected chi connectivity index (χ4v) is 3.99. The van der Waals surface area contributed by atoms with Gasteiger partial charge in [-0.2, -0.15) is 0 Å². The summed E-state index contributed by atoms with van der Waals surface area (Å²) in [5.74, 6) is -0.539. The van der Waals surface area contributed by atoms with Gasteiger partial charge in [0, 0.05) is 40.3 Å². The molecule has 166 valence electrons. The Labute approximate surface area is 191 Å². The molecule has 1 aromatic heterocycles. The Bertz CT molecular complexity index is 1310. The van der Waals surface area contributed by atoms with E-state index >= 15 is 0 Å². The van der Waals surface area contributed by atoms with Crippen molar-refractivity contribution >= 4 is 28.4 Å². The molecule has 5 rings (SSSR count). The second-order valence-corrected chi connectivity index (χ2v) is 8.41. The van der Waals surface area contributed by atoms with E-state index in [2.05, 4.69) is 15.6 Å². The normalized spacial score (nSPS) is 13.1. The van der Waals surface area contributed by atoms with Crippen LogP contribution in [0.1, 0.15) is 35.2 Å². The molecule has 5 nitrogen and oxygen atoms in total. The van der Waals surface area contributed by atoms with Crippen molar-refractivity contribution in [2.24, 2.45) is 0 Å². The van der Waals surface area contributed by atoms with Crippen molar-refractivity contribution in [3.63, 3.8) is 0 Å². The fraction of sp³-hybridized carbons (Fsp3) is 0.185. The van der Waals surface area contributed by atoms with Gasteiger partial charge in [-0.1, -0.05) is 30.3 Å². The van der Waals surface area contributed by atoms with Crippen LogP contribution in [0.3, 0.4) is 0 Å². The van der Waals surface area contributed by atoms with Crippen LogP contribution in [0.2, 0.25) is 0 Å². The number of aryl methyl sites for hydroxylation is 1. The number of benzene rings is 3. The molecule has 1 fully saturated rings. The van der Waals surface area contributed by atoms with E-state index in [1.165, 1.54) is 12.1 Å². The van der Waals surface area contributed by atoms with Crippen LogP contribution in [-0.2, 0) is 11.2 Å². The number of H-pyrrole nitrogens is 1. The first-order valence-corrected chi connectivity index (χ1v) is 11.1. The highest BCUT2D eigenvalue weighted by Crippen LogP contribution is 2.32. The van der Waals surface area contributed by atoms with Gasteiger partial charge in [-0.25, -0.2) is 4.39 Å². The SMILES string of the molecule is O=C(CCc1c(-c2ccccc2)[nH]c2ccc(F)cc12)Nc1ccc(C(=O)NC2CC2)cc1. The quantitative estimate of drug-likeness (QED) is 0.357. The predicted octanol–water partition coefficient (Wildman–Crippen LogP) is 5.44. The van der Waals surface area contributed by atoms with Crippen LogP contribution in [0.15, 0.2) is 72.8 Å². The molecule has 3 aromatic carbocycles. The standard InChI is InChI=1S/C27H24FN3O2/c28-19-8-14-24-23(16-19)22(26(31-24)17-4-2-1-3-5-17)13-15-25(32)29-20-9-6-18(7-10-20)27(33)30-21-11-12-21/h1-10,14,16,21,31H,11-13,15H2,(H,29,32)(H,30,33). The van der Waals surface area contributed by atoms with Gasteiger partial charge in [0.2, 0.25) is 5.91 Å². The number of nitrogens with one attached hydrogen (secondary N) is 3. The van der Waals surface area contributed by atoms with Crippen molar-refractivity contribution in [1.82, 2.24) is 10.3 Å². The summed E-state index contributed by atoms with van der Waals surface area (Å²) in [4.78, 5) is 28.2. The topological polar surface area (TPSA) is 74.0 Å². The zero-order valence-corrected chi connectivity index (χ0v) is 18.0. The molecule has 2 amide bonds. The fourth-order valence-electron chi connectivity index (χ4n) is 3.99. The largest absolute Gasteiger partial charge is 0.354 e. The number of fused-ring (bicyclic) bond motifs is 1. The van der Waals surface area contributed by atoms with Gasteiger partial charge in [-0.3, -0.25) is 9.59 Å². The van der Waals surface area contributed by atoms with E-state index in [9.17, 15) is 14.0 Å². The van der Waals surface area contributed by atoms with Gasteiger partial charge in [0.25, 0.3) is 5.91 Å². The first-order valence-electron chi connectivity index (χ1n) is 11.1. The molecule has 6 heteroatoms. The highest BCUT2D eigenvalue weighted by Gasteiger charge is 2.23. The van der Waals surface area contributed by atoms with Crippen LogP contribution in [0.4, 0.5) is 10.1 Å². The summed E-state index contributed by atoms with van der Waals surface area (Å²) in [6.45, 7) is 0. The summed E-state index contributed by atoms with van der Waals surface area (Å²) < 4.78 is 14.0. The van der Waals surface area contributed by atoms with Crippen molar-refractivity contribution in [1.29, 1.82) is 0 Å². The Morgan fingerprint density at radius 1 is 0.970 bits per heavy atom. The van der Waals surface area contributed by atoms with Gasteiger partial charge in [0.15, 0.2) is 0 Å². The molecule has 4 aromatic rings. The summed E-state index contributed by atoms with van der Waals surface area (Å²) in [6.07, 6.45) is 2.78. The van der Waals surface area contributed by atoms with Gasteiger partial charge in [0.1, 0.15) is 5.82 Å². The summed E-state index contributed by atoms with van der Waals surface area (Å²) >= 11 is 0. The van der Waals surface area contributed by atoms with Crippen molar-refractivity contribution in [3.8, 4) is 11.3 Å².